The van der Waals surface area contributed by atoms with Crippen molar-refractivity contribution in [2.24, 2.45) is 0 Å². The Balaban J connectivity index is 2.22. The lowest BCUT2D eigenvalue weighted by atomic mass is 10.2. The van der Waals surface area contributed by atoms with Gasteiger partial charge in [-0.25, -0.2) is 9.78 Å². The molecule has 0 radical (unpaired) electrons. The number of aromatic amines is 1. The molecule has 108 valence electrons. The largest absolute Gasteiger partial charge is 0.417 e. The molecule has 0 bridgehead atoms. The van der Waals surface area contributed by atoms with Crippen molar-refractivity contribution < 1.29 is 17.6 Å². The highest BCUT2D eigenvalue weighted by Crippen LogP contribution is 2.22. The van der Waals surface area contributed by atoms with Crippen LogP contribution in [0.3, 0.4) is 0 Å². The predicted octanol–water partition coefficient (Wildman–Crippen LogP) is 2.69. The van der Waals surface area contributed by atoms with E-state index in [2.05, 4.69) is 30.3 Å². The number of nitrogens with one attached hydrogen (secondary N) is 1. The van der Waals surface area contributed by atoms with Gasteiger partial charge in [0.05, 0.1) is 0 Å². The summed E-state index contributed by atoms with van der Waals surface area (Å²) < 4.78 is 42.8. The van der Waals surface area contributed by atoms with Crippen LogP contribution in [0.1, 0.15) is 5.56 Å². The average molecular weight is 352 g/mol. The van der Waals surface area contributed by atoms with Crippen LogP contribution in [0.25, 0.3) is 0 Å². The predicted molar refractivity (Wildman–Crippen MR) is 68.4 cm³/mol. The number of nitrogens with zero attached hydrogens (tertiary/aromatic N) is 2. The molecule has 0 fully saturated rings. The van der Waals surface area contributed by atoms with E-state index in [9.17, 15) is 18.0 Å². The van der Waals surface area contributed by atoms with Crippen molar-refractivity contribution in [3.05, 3.63) is 45.3 Å². The lowest BCUT2D eigenvalue weighted by Gasteiger charge is -2.23. The second-order valence-corrected chi connectivity index (χ2v) is 4.81. The second-order valence-electron chi connectivity index (χ2n) is 3.99. The summed E-state index contributed by atoms with van der Waals surface area (Å²) in [6.45, 7) is -1.27. The van der Waals surface area contributed by atoms with Gasteiger partial charge >= 0.3 is 11.9 Å². The molecule has 9 heteroatoms. The van der Waals surface area contributed by atoms with Gasteiger partial charge in [0.2, 0.25) is 0 Å². The van der Waals surface area contributed by atoms with Crippen LogP contribution >= 0.6 is 15.9 Å². The molecule has 0 aliphatic rings. The molecule has 0 saturated carbocycles. The summed E-state index contributed by atoms with van der Waals surface area (Å²) in [5.41, 5.74) is 0.569. The quantitative estimate of drug-likeness (QED) is 0.860. The Kier molecular flexibility index (Phi) is 4.17. The topological polar surface area (TPSA) is 62.1 Å². The Morgan fingerprint density at radius 2 is 2.15 bits per heavy atom. The third-order valence-electron chi connectivity index (χ3n) is 2.38. The Bertz CT molecular complexity index is 621. The number of hydrogen-bond donors (Lipinski definition) is 1. The third kappa shape index (κ3) is 4.12. The van der Waals surface area contributed by atoms with Gasteiger partial charge in [0.1, 0.15) is 23.2 Å². The molecule has 0 spiro atoms. The van der Waals surface area contributed by atoms with Gasteiger partial charge < -0.3 is 9.32 Å². The molecule has 2 aromatic rings. The first-order chi connectivity index (χ1) is 9.33. The fourth-order valence-corrected chi connectivity index (χ4v) is 1.82. The van der Waals surface area contributed by atoms with Gasteiger partial charge in [-0.05, 0) is 27.6 Å². The molecule has 5 nitrogen and oxygen atoms in total. The minimum absolute atomic E-state index is 0.0322. The molecule has 0 aliphatic heterocycles. The van der Waals surface area contributed by atoms with Gasteiger partial charge in [-0.3, -0.25) is 4.98 Å². The molecular weight excluding hydrogens is 343 g/mol. The number of H-pyrrole nitrogens is 1. The molecule has 0 atom stereocenters. The number of rotatable bonds is 4. The summed E-state index contributed by atoms with van der Waals surface area (Å²) in [6.07, 6.45) is -2.00. The minimum Gasteiger partial charge on any atom is -0.414 e. The standard InChI is InChI=1S/C11H9BrF3N3O2/c12-8-2-1-7(3-16-8)4-18(6-11(13,14)15)9-5-20-10(19)17-9/h1-3,5H,4,6H2,(H,17,19). The highest BCUT2D eigenvalue weighted by molar-refractivity contribution is 9.10. The first-order valence-electron chi connectivity index (χ1n) is 5.43. The maximum atomic E-state index is 12.6. The van der Waals surface area contributed by atoms with Gasteiger partial charge in [-0.1, -0.05) is 6.07 Å². The molecule has 0 saturated heterocycles. The van der Waals surface area contributed by atoms with Crippen LogP contribution in [-0.4, -0.2) is 22.7 Å². The number of pyridine rings is 1. The second kappa shape index (κ2) is 5.70. The van der Waals surface area contributed by atoms with Crippen LogP contribution in [0.15, 0.2) is 38.4 Å². The molecular formula is C11H9BrF3N3O2. The van der Waals surface area contributed by atoms with Crippen LogP contribution in [0.2, 0.25) is 0 Å². The number of halogens is 4. The lowest BCUT2D eigenvalue weighted by Crippen LogP contribution is -2.34. The number of anilines is 1. The summed E-state index contributed by atoms with van der Waals surface area (Å²) in [7, 11) is 0. The van der Waals surface area contributed by atoms with E-state index in [-0.39, 0.29) is 12.4 Å². The molecule has 1 N–H and O–H groups in total. The Hall–Kier alpha value is -1.77. The SMILES string of the molecule is O=c1[nH]c(N(Cc2ccc(Br)nc2)CC(F)(F)F)co1. The summed E-state index contributed by atoms with van der Waals surface area (Å²) in [6, 6.07) is 3.26. The monoisotopic (exact) mass is 351 g/mol. The van der Waals surface area contributed by atoms with E-state index in [0.717, 1.165) is 11.2 Å². The fraction of sp³-hybridized carbons (Fsp3) is 0.273. The fourth-order valence-electron chi connectivity index (χ4n) is 1.59. The van der Waals surface area contributed by atoms with Crippen LogP contribution in [-0.2, 0) is 6.54 Å². The van der Waals surface area contributed by atoms with E-state index < -0.39 is 18.5 Å². The van der Waals surface area contributed by atoms with Crippen LogP contribution in [0, 0.1) is 0 Å². The zero-order valence-electron chi connectivity index (χ0n) is 9.95. The number of aromatic nitrogens is 2. The van der Waals surface area contributed by atoms with Crippen molar-refractivity contribution in [3.63, 3.8) is 0 Å². The Labute approximate surface area is 119 Å². The van der Waals surface area contributed by atoms with Crippen molar-refractivity contribution in [1.29, 1.82) is 0 Å². The van der Waals surface area contributed by atoms with E-state index in [1.807, 2.05) is 0 Å². The molecule has 0 unspecified atom stereocenters. The Morgan fingerprint density at radius 3 is 2.65 bits per heavy atom. The molecule has 2 rings (SSSR count). The third-order valence-corrected chi connectivity index (χ3v) is 2.85. The molecule has 0 aromatic carbocycles. The first kappa shape index (κ1) is 14.6. The van der Waals surface area contributed by atoms with Crippen molar-refractivity contribution in [2.45, 2.75) is 12.7 Å². The highest BCUT2D eigenvalue weighted by atomic mass is 79.9. The summed E-state index contributed by atoms with van der Waals surface area (Å²) >= 11 is 3.14. The van der Waals surface area contributed by atoms with E-state index in [0.29, 0.717) is 10.2 Å². The molecule has 2 aromatic heterocycles. The van der Waals surface area contributed by atoms with Crippen LogP contribution < -0.4 is 10.7 Å². The normalized spacial score (nSPS) is 11.6. The molecule has 0 aliphatic carbocycles. The van der Waals surface area contributed by atoms with E-state index in [1.165, 1.54) is 6.20 Å². The Morgan fingerprint density at radius 1 is 1.40 bits per heavy atom. The highest BCUT2D eigenvalue weighted by Gasteiger charge is 2.31. The molecule has 2 heterocycles. The van der Waals surface area contributed by atoms with Gasteiger partial charge in [-0.15, -0.1) is 0 Å². The van der Waals surface area contributed by atoms with E-state index >= 15 is 0 Å². The van der Waals surface area contributed by atoms with Crippen molar-refractivity contribution >= 4 is 21.7 Å². The van der Waals surface area contributed by atoms with Crippen molar-refractivity contribution in [3.8, 4) is 0 Å². The summed E-state index contributed by atoms with van der Waals surface area (Å²) in [5.74, 6) is -0.837. The smallest absolute Gasteiger partial charge is 0.414 e. The average Bonchev–Trinajstić information content (AvgIpc) is 2.76. The van der Waals surface area contributed by atoms with E-state index in [4.69, 9.17) is 0 Å². The lowest BCUT2D eigenvalue weighted by molar-refractivity contribution is -0.120. The first-order valence-corrected chi connectivity index (χ1v) is 6.23. The zero-order valence-corrected chi connectivity index (χ0v) is 11.5. The molecule has 0 amide bonds. The van der Waals surface area contributed by atoms with Crippen molar-refractivity contribution in [2.75, 3.05) is 11.4 Å². The maximum absolute atomic E-state index is 12.6. The number of oxazole rings is 1. The van der Waals surface area contributed by atoms with Gasteiger partial charge in [0.15, 0.2) is 0 Å². The number of alkyl halides is 3. The summed E-state index contributed by atoms with van der Waals surface area (Å²) in [5, 5.41) is 0. The molecule has 20 heavy (non-hydrogen) atoms. The zero-order chi connectivity index (χ0) is 14.8. The van der Waals surface area contributed by atoms with Gasteiger partial charge in [-0.2, -0.15) is 13.2 Å². The maximum Gasteiger partial charge on any atom is 0.417 e. The minimum atomic E-state index is -4.41. The van der Waals surface area contributed by atoms with Crippen LogP contribution in [0.4, 0.5) is 19.0 Å². The van der Waals surface area contributed by atoms with E-state index in [1.54, 1.807) is 12.1 Å². The number of hydrogen-bond acceptors (Lipinski definition) is 4. The van der Waals surface area contributed by atoms with Crippen molar-refractivity contribution in [1.82, 2.24) is 9.97 Å². The van der Waals surface area contributed by atoms with Crippen LogP contribution in [0.5, 0.6) is 0 Å². The van der Waals surface area contributed by atoms with Gasteiger partial charge in [0, 0.05) is 12.7 Å². The summed E-state index contributed by atoms with van der Waals surface area (Å²) in [4.78, 5) is 18.0. The van der Waals surface area contributed by atoms with Gasteiger partial charge in [0.25, 0.3) is 0 Å².